The predicted octanol–water partition coefficient (Wildman–Crippen LogP) is 5.28. The molecule has 1 aromatic heterocycles. The Balaban J connectivity index is 1.25. The lowest BCUT2D eigenvalue weighted by molar-refractivity contribution is -0.147. The molecule has 4 aliphatic carbocycles. The van der Waals surface area contributed by atoms with E-state index in [0.717, 1.165) is 96.3 Å². The van der Waals surface area contributed by atoms with E-state index in [4.69, 9.17) is 0 Å². The van der Waals surface area contributed by atoms with Gasteiger partial charge >= 0.3 is 0 Å². The van der Waals surface area contributed by atoms with Crippen molar-refractivity contribution in [1.29, 1.82) is 0 Å². The maximum Gasteiger partial charge on any atom is 0.289 e. The number of nitrogens with zero attached hydrogens (tertiary/aromatic N) is 1. The van der Waals surface area contributed by atoms with Crippen LogP contribution in [0.15, 0.2) is 17.5 Å². The number of ketones is 1. The zero-order valence-electron chi connectivity index (χ0n) is 32.0. The summed E-state index contributed by atoms with van der Waals surface area (Å²) in [5.41, 5.74) is -0.541. The zero-order chi connectivity index (χ0) is 37.7. The van der Waals surface area contributed by atoms with Crippen LogP contribution < -0.4 is 21.3 Å². The third-order valence-corrected chi connectivity index (χ3v) is 13.9. The number of Topliss-reactive ketones (excluding diaryl/α,β-unsaturated/α-hetero) is 1. The molecule has 4 saturated carbocycles. The first-order chi connectivity index (χ1) is 25.4. The Hall–Kier alpha value is -3.28. The summed E-state index contributed by atoms with van der Waals surface area (Å²) in [5, 5.41) is 13.9. The lowest BCUT2D eigenvalue weighted by Gasteiger charge is -2.43. The van der Waals surface area contributed by atoms with Crippen LogP contribution in [0.25, 0.3) is 0 Å². The van der Waals surface area contributed by atoms with Gasteiger partial charge in [-0.15, -0.1) is 11.3 Å². The molecular formula is C41H61N5O6S. The maximum atomic E-state index is 15.1. The van der Waals surface area contributed by atoms with Crippen LogP contribution >= 0.6 is 11.3 Å². The number of nitrogens with one attached hydrogen (secondary N) is 4. The second kappa shape index (κ2) is 17.5. The number of rotatable bonds is 15. The van der Waals surface area contributed by atoms with Crippen LogP contribution in [0.3, 0.4) is 0 Å². The summed E-state index contributed by atoms with van der Waals surface area (Å²) in [5.74, 6) is -2.45. The van der Waals surface area contributed by atoms with Crippen molar-refractivity contribution in [2.45, 2.75) is 160 Å². The van der Waals surface area contributed by atoms with Crippen molar-refractivity contribution in [3.05, 3.63) is 22.4 Å². The van der Waals surface area contributed by atoms with Gasteiger partial charge in [0.1, 0.15) is 18.1 Å². The smallest absolute Gasteiger partial charge is 0.289 e. The van der Waals surface area contributed by atoms with Crippen molar-refractivity contribution in [3.8, 4) is 0 Å². The molecular weight excluding hydrogens is 691 g/mol. The molecule has 11 nitrogen and oxygen atoms in total. The summed E-state index contributed by atoms with van der Waals surface area (Å²) in [7, 11) is 0. The first-order valence-corrected chi connectivity index (χ1v) is 21.4. The normalized spacial score (nSPS) is 25.1. The Bertz CT molecular complexity index is 1480. The average Bonchev–Trinajstić information content (AvgIpc) is 3.56. The van der Waals surface area contributed by atoms with Gasteiger partial charge in [-0.3, -0.25) is 28.8 Å². The minimum atomic E-state index is -0.952. The zero-order valence-corrected chi connectivity index (χ0v) is 32.8. The third-order valence-electron chi connectivity index (χ3n) is 13.1. The van der Waals surface area contributed by atoms with Crippen molar-refractivity contribution in [2.24, 2.45) is 29.1 Å². The minimum absolute atomic E-state index is 0.0230. The number of carbonyl (C=O) groups is 6. The molecule has 12 heteroatoms. The Morgan fingerprint density at radius 3 is 2.15 bits per heavy atom. The molecule has 5 aliphatic rings. The van der Waals surface area contributed by atoms with Crippen LogP contribution in [-0.4, -0.2) is 77.0 Å². The number of likely N-dealkylation sites (tertiary alicyclic amines) is 1. The molecule has 1 saturated heterocycles. The highest BCUT2D eigenvalue weighted by Crippen LogP contribution is 2.42. The lowest BCUT2D eigenvalue weighted by Crippen LogP contribution is -2.63. The van der Waals surface area contributed by atoms with E-state index in [0.29, 0.717) is 24.3 Å². The fourth-order valence-electron chi connectivity index (χ4n) is 9.36. The van der Waals surface area contributed by atoms with Crippen LogP contribution in [-0.2, 0) is 24.0 Å². The highest BCUT2D eigenvalue weighted by molar-refractivity contribution is 7.12. The van der Waals surface area contributed by atoms with Gasteiger partial charge in [0, 0.05) is 12.6 Å². The fraction of sp³-hybridized carbons (Fsp3) is 0.756. The van der Waals surface area contributed by atoms with E-state index in [9.17, 15) is 24.0 Å². The minimum Gasteiger partial charge on any atom is -0.347 e. The molecule has 0 radical (unpaired) electrons. The highest BCUT2D eigenvalue weighted by Gasteiger charge is 2.50. The van der Waals surface area contributed by atoms with E-state index in [2.05, 4.69) is 28.2 Å². The van der Waals surface area contributed by atoms with Gasteiger partial charge < -0.3 is 26.2 Å². The molecule has 5 fully saturated rings. The molecule has 0 bridgehead atoms. The molecule has 53 heavy (non-hydrogen) atoms. The second-order valence-corrected chi connectivity index (χ2v) is 18.3. The summed E-state index contributed by atoms with van der Waals surface area (Å²) in [6.07, 6.45) is 14.9. The van der Waals surface area contributed by atoms with Gasteiger partial charge in [-0.25, -0.2) is 0 Å². The number of thiophene rings is 1. The molecule has 4 N–H and O–H groups in total. The maximum absolute atomic E-state index is 15.1. The Morgan fingerprint density at radius 1 is 0.849 bits per heavy atom. The second-order valence-electron chi connectivity index (χ2n) is 17.4. The van der Waals surface area contributed by atoms with Gasteiger partial charge in [0.15, 0.2) is 0 Å². The van der Waals surface area contributed by atoms with Gasteiger partial charge in [-0.2, -0.15) is 0 Å². The largest absolute Gasteiger partial charge is 0.347 e. The van der Waals surface area contributed by atoms with Crippen molar-refractivity contribution in [3.63, 3.8) is 0 Å². The molecule has 6 rings (SSSR count). The number of amides is 5. The van der Waals surface area contributed by atoms with Crippen molar-refractivity contribution in [2.75, 3.05) is 6.54 Å². The number of hydrogen-bond acceptors (Lipinski definition) is 7. The summed E-state index contributed by atoms with van der Waals surface area (Å²) < 4.78 is 0. The Morgan fingerprint density at radius 2 is 1.55 bits per heavy atom. The summed E-state index contributed by atoms with van der Waals surface area (Å²) in [4.78, 5) is 86.0. The van der Waals surface area contributed by atoms with Gasteiger partial charge in [-0.1, -0.05) is 84.6 Å². The first-order valence-electron chi connectivity index (χ1n) is 20.6. The molecule has 0 spiro atoms. The van der Waals surface area contributed by atoms with E-state index >= 15 is 4.79 Å². The van der Waals surface area contributed by atoms with Gasteiger partial charge in [-0.05, 0) is 91.9 Å². The van der Waals surface area contributed by atoms with E-state index < -0.39 is 47.2 Å². The van der Waals surface area contributed by atoms with Gasteiger partial charge in [0.05, 0.1) is 10.9 Å². The highest BCUT2D eigenvalue weighted by atomic mass is 32.1. The van der Waals surface area contributed by atoms with Crippen LogP contribution in [0, 0.1) is 29.1 Å². The molecule has 292 valence electrons. The molecule has 1 unspecified atom stereocenters. The summed E-state index contributed by atoms with van der Waals surface area (Å²) in [6.45, 7) is 6.52. The van der Waals surface area contributed by atoms with Crippen LogP contribution in [0.4, 0.5) is 0 Å². The quantitative estimate of drug-likeness (QED) is 0.179. The molecule has 1 aromatic rings. The van der Waals surface area contributed by atoms with Crippen LogP contribution in [0.2, 0.25) is 0 Å². The number of carbonyl (C=O) groups excluding carboxylic acids is 6. The SMILES string of the molecule is CC(C)[C@H]1CCN(C(=O)[C@@H](NC(=O)[C@@H](NC(=O)c2cccs2)C2CCCCC2)C2(C)CCCCC2)[C@@H]1C(=O)NC(CC1CCC1)C(=O)C(=O)NC1CC1. The standard InChI is InChI=1S/C41H61N5O6S/c1-25(2)29-19-22-46(33(29)38(50)43-30(24-26-12-10-13-26)34(47)39(51)42-28-17-18-28)40(52)35(41(3)20-8-5-9-21-41)45-37(49)32(27-14-6-4-7-15-27)44-36(48)31-16-11-23-53-31/h11,16,23,25-30,32-33,35H,4-10,12-15,17-22,24H2,1-3H3,(H,42,51)(H,43,50)(H,44,48)(H,45,49)/t29-,30?,32+,33+,35-/m1/s1. The monoisotopic (exact) mass is 751 g/mol. The topological polar surface area (TPSA) is 154 Å². The van der Waals surface area contributed by atoms with E-state index in [1.807, 2.05) is 25.3 Å². The molecule has 5 amide bonds. The molecule has 5 atom stereocenters. The average molecular weight is 752 g/mol. The van der Waals surface area contributed by atoms with Crippen LogP contribution in [0.1, 0.15) is 140 Å². The lowest BCUT2D eigenvalue weighted by atomic mass is 9.69. The predicted molar refractivity (Wildman–Crippen MR) is 204 cm³/mol. The Labute approximate surface area is 318 Å². The van der Waals surface area contributed by atoms with Crippen molar-refractivity contribution < 1.29 is 28.8 Å². The molecule has 1 aliphatic heterocycles. The third kappa shape index (κ3) is 9.51. The fourth-order valence-corrected chi connectivity index (χ4v) is 9.98. The van der Waals surface area contributed by atoms with Gasteiger partial charge in [0.2, 0.25) is 23.5 Å². The van der Waals surface area contributed by atoms with E-state index in [-0.39, 0.29) is 47.4 Å². The van der Waals surface area contributed by atoms with Gasteiger partial charge in [0.25, 0.3) is 11.8 Å². The summed E-state index contributed by atoms with van der Waals surface area (Å²) >= 11 is 1.33. The van der Waals surface area contributed by atoms with E-state index in [1.54, 1.807) is 11.0 Å². The van der Waals surface area contributed by atoms with E-state index in [1.165, 1.54) is 11.3 Å². The van der Waals surface area contributed by atoms with Crippen molar-refractivity contribution in [1.82, 2.24) is 26.2 Å². The Kier molecular flexibility index (Phi) is 13.0. The van der Waals surface area contributed by atoms with Crippen molar-refractivity contribution >= 4 is 46.7 Å². The van der Waals surface area contributed by atoms with Crippen LogP contribution in [0.5, 0.6) is 0 Å². The molecule has 2 heterocycles. The first kappa shape index (κ1) is 39.4. The molecule has 0 aromatic carbocycles. The summed E-state index contributed by atoms with van der Waals surface area (Å²) in [6, 6.07) is 0.117. The number of hydrogen-bond donors (Lipinski definition) is 4.